The number of rotatable bonds is 6. The molecule has 0 saturated carbocycles. The van der Waals surface area contributed by atoms with Crippen LogP contribution in [0.25, 0.3) is 0 Å². The fourth-order valence-electron chi connectivity index (χ4n) is 1.75. The zero-order valence-corrected chi connectivity index (χ0v) is 11.1. The number of primary sulfonamides is 1. The van der Waals surface area contributed by atoms with Crippen molar-refractivity contribution in [1.82, 2.24) is 5.32 Å². The van der Waals surface area contributed by atoms with E-state index < -0.39 is 10.0 Å². The number of nitrogens with one attached hydrogen (secondary N) is 1. The average Bonchev–Trinajstić information content (AvgIpc) is 2.28. The minimum atomic E-state index is -3.58. The van der Waals surface area contributed by atoms with E-state index in [2.05, 4.69) is 19.2 Å². The number of likely N-dealkylation sites (N-methyl/N-ethyl adjacent to an activating group) is 1. The normalized spacial score (nSPS) is 13.6. The summed E-state index contributed by atoms with van der Waals surface area (Å²) in [5.41, 5.74) is 1.12. The molecule has 96 valence electrons. The molecule has 1 unspecified atom stereocenters. The van der Waals surface area contributed by atoms with E-state index in [0.717, 1.165) is 24.9 Å². The molecule has 5 heteroatoms. The first-order valence-electron chi connectivity index (χ1n) is 5.82. The van der Waals surface area contributed by atoms with Gasteiger partial charge in [0.05, 0.1) is 4.90 Å². The summed E-state index contributed by atoms with van der Waals surface area (Å²) in [6.45, 7) is 5.15. The molecule has 0 aliphatic carbocycles. The van der Waals surface area contributed by atoms with E-state index in [1.54, 1.807) is 12.1 Å². The van der Waals surface area contributed by atoms with Crippen LogP contribution in [0.3, 0.4) is 0 Å². The van der Waals surface area contributed by atoms with Gasteiger partial charge in [-0.15, -0.1) is 0 Å². The Kier molecular flexibility index (Phi) is 5.11. The molecule has 0 aliphatic rings. The average molecular weight is 256 g/mol. The highest BCUT2D eigenvalue weighted by molar-refractivity contribution is 7.89. The highest BCUT2D eigenvalue weighted by atomic mass is 32.2. The van der Waals surface area contributed by atoms with Crippen LogP contribution in [0, 0.1) is 0 Å². The van der Waals surface area contributed by atoms with Crippen LogP contribution in [0.2, 0.25) is 0 Å². The molecule has 17 heavy (non-hydrogen) atoms. The zero-order chi connectivity index (χ0) is 12.9. The Hall–Kier alpha value is -0.910. The van der Waals surface area contributed by atoms with Crippen LogP contribution in [0.4, 0.5) is 0 Å². The summed E-state index contributed by atoms with van der Waals surface area (Å²) in [4.78, 5) is 0.165. The first-order valence-corrected chi connectivity index (χ1v) is 7.37. The maximum Gasteiger partial charge on any atom is 0.238 e. The highest BCUT2D eigenvalue weighted by Crippen LogP contribution is 2.11. The van der Waals surface area contributed by atoms with Crippen molar-refractivity contribution >= 4 is 10.0 Å². The third kappa shape index (κ3) is 4.46. The molecular formula is C12H20N2O2S. The maximum absolute atomic E-state index is 11.1. The Morgan fingerprint density at radius 3 is 2.24 bits per heavy atom. The van der Waals surface area contributed by atoms with Crippen molar-refractivity contribution in [2.45, 2.75) is 37.6 Å². The molecule has 3 N–H and O–H groups in total. The lowest BCUT2D eigenvalue weighted by Crippen LogP contribution is -2.30. The largest absolute Gasteiger partial charge is 0.314 e. The van der Waals surface area contributed by atoms with Gasteiger partial charge < -0.3 is 5.32 Å². The molecule has 1 atom stereocenters. The SMILES string of the molecule is CCNC(CC)Cc1ccc(S(N)(=O)=O)cc1. The smallest absolute Gasteiger partial charge is 0.238 e. The van der Waals surface area contributed by atoms with Gasteiger partial charge in [0.2, 0.25) is 10.0 Å². The molecule has 0 bridgehead atoms. The highest BCUT2D eigenvalue weighted by Gasteiger charge is 2.09. The number of hydrogen-bond acceptors (Lipinski definition) is 3. The standard InChI is InChI=1S/C12H20N2O2S/c1-3-11(14-4-2)9-10-5-7-12(8-6-10)17(13,15)16/h5-8,11,14H,3-4,9H2,1-2H3,(H2,13,15,16). The fourth-order valence-corrected chi connectivity index (χ4v) is 2.26. The lowest BCUT2D eigenvalue weighted by atomic mass is 10.0. The van der Waals surface area contributed by atoms with Crippen molar-refractivity contribution < 1.29 is 8.42 Å². The Labute approximate surface area is 103 Å². The second-order valence-electron chi connectivity index (χ2n) is 4.06. The summed E-state index contributed by atoms with van der Waals surface area (Å²) in [5, 5.41) is 8.42. The molecule has 0 fully saturated rings. The number of benzene rings is 1. The van der Waals surface area contributed by atoms with Gasteiger partial charge in [-0.2, -0.15) is 0 Å². The van der Waals surface area contributed by atoms with Crippen molar-refractivity contribution in [3.05, 3.63) is 29.8 Å². The third-order valence-corrected chi connectivity index (χ3v) is 3.65. The molecule has 0 spiro atoms. The predicted molar refractivity (Wildman–Crippen MR) is 69.3 cm³/mol. The maximum atomic E-state index is 11.1. The van der Waals surface area contributed by atoms with Gasteiger partial charge in [0, 0.05) is 6.04 Å². The fraction of sp³-hybridized carbons (Fsp3) is 0.500. The Bertz CT molecular complexity index is 440. The second kappa shape index (κ2) is 6.14. The van der Waals surface area contributed by atoms with Crippen molar-refractivity contribution in [1.29, 1.82) is 0 Å². The van der Waals surface area contributed by atoms with E-state index in [-0.39, 0.29) is 4.90 Å². The molecule has 0 radical (unpaired) electrons. The molecule has 0 amide bonds. The number of hydrogen-bond donors (Lipinski definition) is 2. The molecule has 0 heterocycles. The number of nitrogens with two attached hydrogens (primary N) is 1. The second-order valence-corrected chi connectivity index (χ2v) is 5.62. The summed E-state index contributed by atoms with van der Waals surface area (Å²) in [6, 6.07) is 7.19. The Morgan fingerprint density at radius 2 is 1.82 bits per heavy atom. The Morgan fingerprint density at radius 1 is 1.24 bits per heavy atom. The molecule has 0 saturated heterocycles. The quantitative estimate of drug-likeness (QED) is 0.805. The van der Waals surface area contributed by atoms with Crippen LogP contribution in [-0.2, 0) is 16.4 Å². The van der Waals surface area contributed by atoms with Gasteiger partial charge in [-0.05, 0) is 37.1 Å². The topological polar surface area (TPSA) is 72.2 Å². The molecule has 4 nitrogen and oxygen atoms in total. The minimum absolute atomic E-state index is 0.165. The van der Waals surface area contributed by atoms with Gasteiger partial charge in [-0.1, -0.05) is 26.0 Å². The minimum Gasteiger partial charge on any atom is -0.314 e. The van der Waals surface area contributed by atoms with Crippen LogP contribution in [0.15, 0.2) is 29.2 Å². The summed E-state index contributed by atoms with van der Waals surface area (Å²) >= 11 is 0. The number of sulfonamides is 1. The molecule has 0 aliphatic heterocycles. The summed E-state index contributed by atoms with van der Waals surface area (Å²) in [5.74, 6) is 0. The van der Waals surface area contributed by atoms with E-state index in [4.69, 9.17) is 5.14 Å². The van der Waals surface area contributed by atoms with Gasteiger partial charge in [0.25, 0.3) is 0 Å². The van der Waals surface area contributed by atoms with Gasteiger partial charge in [-0.25, -0.2) is 13.6 Å². The predicted octanol–water partition coefficient (Wildman–Crippen LogP) is 1.26. The molecule has 1 rings (SSSR count). The first-order chi connectivity index (χ1) is 7.97. The van der Waals surface area contributed by atoms with E-state index in [0.29, 0.717) is 6.04 Å². The molecule has 1 aromatic rings. The Balaban J connectivity index is 2.74. The molecule has 0 aromatic heterocycles. The van der Waals surface area contributed by atoms with Crippen molar-refractivity contribution in [3.63, 3.8) is 0 Å². The summed E-state index contributed by atoms with van der Waals surface area (Å²) < 4.78 is 22.2. The third-order valence-electron chi connectivity index (χ3n) is 2.72. The van der Waals surface area contributed by atoms with E-state index in [1.807, 2.05) is 12.1 Å². The zero-order valence-electron chi connectivity index (χ0n) is 10.3. The summed E-state index contributed by atoms with van der Waals surface area (Å²) in [6.07, 6.45) is 1.94. The van der Waals surface area contributed by atoms with Gasteiger partial charge in [0.15, 0.2) is 0 Å². The van der Waals surface area contributed by atoms with Crippen molar-refractivity contribution in [2.24, 2.45) is 5.14 Å². The first kappa shape index (κ1) is 14.2. The van der Waals surface area contributed by atoms with Crippen LogP contribution in [0.1, 0.15) is 25.8 Å². The van der Waals surface area contributed by atoms with Crippen LogP contribution < -0.4 is 10.5 Å². The van der Waals surface area contributed by atoms with Crippen LogP contribution in [-0.4, -0.2) is 21.0 Å². The van der Waals surface area contributed by atoms with Gasteiger partial charge in [-0.3, -0.25) is 0 Å². The summed E-state index contributed by atoms with van der Waals surface area (Å²) in [7, 11) is -3.58. The lowest BCUT2D eigenvalue weighted by molar-refractivity contribution is 0.510. The van der Waals surface area contributed by atoms with E-state index >= 15 is 0 Å². The van der Waals surface area contributed by atoms with Crippen LogP contribution in [0.5, 0.6) is 0 Å². The van der Waals surface area contributed by atoms with E-state index in [9.17, 15) is 8.42 Å². The monoisotopic (exact) mass is 256 g/mol. The van der Waals surface area contributed by atoms with E-state index in [1.165, 1.54) is 0 Å². The van der Waals surface area contributed by atoms with Crippen LogP contribution >= 0.6 is 0 Å². The van der Waals surface area contributed by atoms with Crippen molar-refractivity contribution in [3.8, 4) is 0 Å². The molecular weight excluding hydrogens is 236 g/mol. The van der Waals surface area contributed by atoms with Gasteiger partial charge >= 0.3 is 0 Å². The lowest BCUT2D eigenvalue weighted by Gasteiger charge is -2.15. The molecule has 1 aromatic carbocycles. The van der Waals surface area contributed by atoms with Crippen molar-refractivity contribution in [2.75, 3.05) is 6.54 Å². The van der Waals surface area contributed by atoms with Gasteiger partial charge in [0.1, 0.15) is 0 Å².